The molecule has 0 amide bonds. The summed E-state index contributed by atoms with van der Waals surface area (Å²) in [5.74, 6) is 0. The summed E-state index contributed by atoms with van der Waals surface area (Å²) in [6.07, 6.45) is 2.95. The van der Waals surface area contributed by atoms with Crippen molar-refractivity contribution < 1.29 is 0 Å². The molecular weight excluding hydrogens is 428 g/mol. The van der Waals surface area contributed by atoms with Crippen molar-refractivity contribution in [2.45, 2.75) is 27.2 Å². The number of fused-ring (bicyclic) bond motifs is 5. The number of imidazole rings is 1. The molecule has 0 spiro atoms. The van der Waals surface area contributed by atoms with Gasteiger partial charge in [0.05, 0.1) is 22.4 Å². The van der Waals surface area contributed by atoms with Crippen molar-refractivity contribution in [3.8, 4) is 0 Å². The van der Waals surface area contributed by atoms with Crippen LogP contribution in [0.5, 0.6) is 0 Å². The number of nitrogens with zero attached hydrogens (tertiary/aromatic N) is 4. The lowest BCUT2D eigenvalue weighted by Crippen LogP contribution is -2.13. The van der Waals surface area contributed by atoms with Gasteiger partial charge in [0.25, 0.3) is 0 Å². The van der Waals surface area contributed by atoms with Crippen molar-refractivity contribution in [1.82, 2.24) is 14.4 Å². The Balaban J connectivity index is 1.71. The van der Waals surface area contributed by atoms with Gasteiger partial charge in [0.15, 0.2) is 0 Å². The fourth-order valence-electron chi connectivity index (χ4n) is 4.87. The van der Waals surface area contributed by atoms with Gasteiger partial charge in [-0.15, -0.1) is 0 Å². The lowest BCUT2D eigenvalue weighted by molar-refractivity contribution is 0.408. The summed E-state index contributed by atoms with van der Waals surface area (Å²) in [5, 5.41) is 1.07. The average molecular weight is 457 g/mol. The van der Waals surface area contributed by atoms with Crippen LogP contribution in [0.3, 0.4) is 0 Å². The zero-order chi connectivity index (χ0) is 24.0. The molecular formula is C31H28N4. The molecule has 4 heteroatoms. The van der Waals surface area contributed by atoms with Gasteiger partial charge in [-0.1, -0.05) is 75.4 Å². The summed E-state index contributed by atoms with van der Waals surface area (Å²) >= 11 is 0. The minimum Gasteiger partial charge on any atom is -0.308 e. The van der Waals surface area contributed by atoms with Crippen LogP contribution in [0.4, 0.5) is 17.1 Å². The van der Waals surface area contributed by atoms with E-state index in [-0.39, 0.29) is 5.41 Å². The number of benzene rings is 3. The smallest absolute Gasteiger partial charge is 0.137 e. The van der Waals surface area contributed by atoms with Gasteiger partial charge in [-0.3, -0.25) is 4.40 Å². The van der Waals surface area contributed by atoms with Crippen LogP contribution in [0.25, 0.3) is 27.6 Å². The summed E-state index contributed by atoms with van der Waals surface area (Å²) in [5.41, 5.74) is 8.42. The molecule has 3 aromatic carbocycles. The van der Waals surface area contributed by atoms with Crippen molar-refractivity contribution in [1.29, 1.82) is 0 Å². The predicted octanol–water partition coefficient (Wildman–Crippen LogP) is 8.09. The molecule has 6 rings (SSSR count). The molecule has 172 valence electrons. The summed E-state index contributed by atoms with van der Waals surface area (Å²) in [6, 6.07) is 33.6. The zero-order valence-electron chi connectivity index (χ0n) is 20.3. The molecule has 0 aliphatic rings. The van der Waals surface area contributed by atoms with E-state index >= 15 is 0 Å². The van der Waals surface area contributed by atoms with E-state index < -0.39 is 0 Å². The number of pyridine rings is 2. The Hall–Kier alpha value is -4.18. The molecule has 0 N–H and O–H groups in total. The topological polar surface area (TPSA) is 33.4 Å². The minimum atomic E-state index is 0.0834. The van der Waals surface area contributed by atoms with Gasteiger partial charge in [-0.25, -0.2) is 9.97 Å². The molecule has 35 heavy (non-hydrogen) atoms. The van der Waals surface area contributed by atoms with E-state index in [1.54, 1.807) is 0 Å². The SMILES string of the molecule is CC(C)(C)Cc1nc2c(N(c3ccccc3)c3ccccc3)cccc2c2nc3ccccn3c12. The van der Waals surface area contributed by atoms with Crippen LogP contribution in [0.15, 0.2) is 103 Å². The van der Waals surface area contributed by atoms with Crippen LogP contribution in [0.2, 0.25) is 0 Å². The van der Waals surface area contributed by atoms with E-state index in [0.717, 1.165) is 56.8 Å². The van der Waals surface area contributed by atoms with E-state index in [1.165, 1.54) is 0 Å². The summed E-state index contributed by atoms with van der Waals surface area (Å²) < 4.78 is 2.18. The highest BCUT2D eigenvalue weighted by atomic mass is 15.2. The fourth-order valence-corrected chi connectivity index (χ4v) is 4.87. The third-order valence-electron chi connectivity index (χ3n) is 6.29. The second kappa shape index (κ2) is 8.24. The van der Waals surface area contributed by atoms with Gasteiger partial charge in [0, 0.05) is 23.0 Å². The normalized spacial score (nSPS) is 12.0. The molecule has 0 radical (unpaired) electrons. The van der Waals surface area contributed by atoms with Crippen LogP contribution in [-0.2, 0) is 6.42 Å². The largest absolute Gasteiger partial charge is 0.308 e. The highest BCUT2D eigenvalue weighted by Gasteiger charge is 2.23. The molecule has 0 aliphatic heterocycles. The van der Waals surface area contributed by atoms with Crippen LogP contribution < -0.4 is 4.90 Å². The van der Waals surface area contributed by atoms with Gasteiger partial charge >= 0.3 is 0 Å². The first-order chi connectivity index (χ1) is 17.0. The summed E-state index contributed by atoms with van der Waals surface area (Å²) in [6.45, 7) is 6.79. The third kappa shape index (κ3) is 3.81. The van der Waals surface area contributed by atoms with Crippen LogP contribution in [0.1, 0.15) is 26.5 Å². The maximum Gasteiger partial charge on any atom is 0.137 e. The Morgan fingerprint density at radius 2 is 1.34 bits per heavy atom. The third-order valence-corrected chi connectivity index (χ3v) is 6.29. The Kier molecular flexibility index (Phi) is 5.03. The first-order valence-electron chi connectivity index (χ1n) is 12.1. The maximum atomic E-state index is 5.38. The molecule has 0 aliphatic carbocycles. The van der Waals surface area contributed by atoms with Crippen LogP contribution >= 0.6 is 0 Å². The zero-order valence-corrected chi connectivity index (χ0v) is 20.3. The lowest BCUT2D eigenvalue weighted by Gasteiger charge is -2.27. The molecule has 0 saturated heterocycles. The molecule has 6 aromatic rings. The molecule has 0 fully saturated rings. The lowest BCUT2D eigenvalue weighted by atomic mass is 9.89. The molecule has 0 unspecified atom stereocenters. The van der Waals surface area contributed by atoms with Crippen LogP contribution in [-0.4, -0.2) is 14.4 Å². The Bertz CT molecular complexity index is 1600. The van der Waals surface area contributed by atoms with Gasteiger partial charge in [-0.05, 0) is 54.3 Å². The van der Waals surface area contributed by atoms with Crippen molar-refractivity contribution in [3.05, 3.63) is 109 Å². The van der Waals surface area contributed by atoms with Gasteiger partial charge in [0.2, 0.25) is 0 Å². The number of aromatic nitrogens is 3. The van der Waals surface area contributed by atoms with Crippen molar-refractivity contribution in [2.75, 3.05) is 4.90 Å². The number of rotatable bonds is 4. The monoisotopic (exact) mass is 456 g/mol. The molecule has 0 bridgehead atoms. The average Bonchev–Trinajstić information content (AvgIpc) is 3.26. The second-order valence-corrected chi connectivity index (χ2v) is 10.2. The van der Waals surface area contributed by atoms with E-state index in [1.807, 2.05) is 6.07 Å². The molecule has 3 heterocycles. The Morgan fingerprint density at radius 3 is 2.00 bits per heavy atom. The standard InChI is InChI=1S/C31H28N4/c1-31(2,3)21-25-30-29(33-27-19-10-11-20-34(27)30)24-17-12-18-26(28(24)32-25)35(22-13-6-4-7-14-22)23-15-8-5-9-16-23/h4-20H,21H2,1-3H3. The van der Waals surface area contributed by atoms with E-state index in [2.05, 4.69) is 127 Å². The summed E-state index contributed by atoms with van der Waals surface area (Å²) in [4.78, 5) is 12.8. The van der Waals surface area contributed by atoms with Crippen molar-refractivity contribution in [2.24, 2.45) is 5.41 Å². The van der Waals surface area contributed by atoms with E-state index in [9.17, 15) is 0 Å². The van der Waals surface area contributed by atoms with Crippen molar-refractivity contribution in [3.63, 3.8) is 0 Å². The molecule has 4 nitrogen and oxygen atoms in total. The first kappa shape index (κ1) is 21.4. The fraction of sp³-hybridized carbons (Fsp3) is 0.161. The van der Waals surface area contributed by atoms with Gasteiger partial charge in [-0.2, -0.15) is 0 Å². The summed E-state index contributed by atoms with van der Waals surface area (Å²) in [7, 11) is 0. The predicted molar refractivity (Wildman–Crippen MR) is 146 cm³/mol. The van der Waals surface area contributed by atoms with E-state index in [4.69, 9.17) is 9.97 Å². The quantitative estimate of drug-likeness (QED) is 0.269. The number of anilines is 3. The Morgan fingerprint density at radius 1 is 0.686 bits per heavy atom. The van der Waals surface area contributed by atoms with Gasteiger partial charge in [0.1, 0.15) is 11.2 Å². The molecule has 0 saturated carbocycles. The van der Waals surface area contributed by atoms with E-state index in [0.29, 0.717) is 0 Å². The highest BCUT2D eigenvalue weighted by Crippen LogP contribution is 2.40. The second-order valence-electron chi connectivity index (χ2n) is 10.2. The molecule has 3 aromatic heterocycles. The molecule has 0 atom stereocenters. The van der Waals surface area contributed by atoms with Gasteiger partial charge < -0.3 is 4.90 Å². The minimum absolute atomic E-state index is 0.0834. The van der Waals surface area contributed by atoms with Crippen LogP contribution in [0, 0.1) is 5.41 Å². The Labute approximate surface area is 205 Å². The first-order valence-corrected chi connectivity index (χ1v) is 12.1. The number of hydrogen-bond donors (Lipinski definition) is 0. The number of hydrogen-bond acceptors (Lipinski definition) is 3. The number of para-hydroxylation sites is 3. The highest BCUT2D eigenvalue weighted by molar-refractivity contribution is 6.10. The van der Waals surface area contributed by atoms with Crippen molar-refractivity contribution >= 4 is 44.6 Å². The maximum absolute atomic E-state index is 5.38.